The van der Waals surface area contributed by atoms with Crippen LogP contribution in [0.1, 0.15) is 0 Å². The molecule has 0 aliphatic carbocycles. The summed E-state index contributed by atoms with van der Waals surface area (Å²) in [5.74, 6) is 0.171. The van der Waals surface area contributed by atoms with Crippen molar-refractivity contribution in [1.29, 1.82) is 5.41 Å². The van der Waals surface area contributed by atoms with Crippen molar-refractivity contribution in [2.75, 3.05) is 18.9 Å². The molecule has 2 rings (SSSR count). The SMILES string of the molecule is N=C1C(=Nc2ccc(O)cc2N)C=NN1CCO. The molecule has 0 amide bonds. The van der Waals surface area contributed by atoms with Gasteiger partial charge in [0.15, 0.2) is 5.84 Å². The average Bonchev–Trinajstić information content (AvgIpc) is 2.66. The Kier molecular flexibility index (Phi) is 3.24. The molecule has 7 heteroatoms. The molecule has 0 saturated heterocycles. The molecule has 0 spiro atoms. The third-order valence-corrected chi connectivity index (χ3v) is 2.38. The third-order valence-electron chi connectivity index (χ3n) is 2.38. The summed E-state index contributed by atoms with van der Waals surface area (Å²) in [7, 11) is 0. The molecule has 1 aliphatic rings. The number of nitrogens with zero attached hydrogens (tertiary/aromatic N) is 3. The summed E-state index contributed by atoms with van der Waals surface area (Å²) in [5, 5.41) is 31.1. The molecule has 0 radical (unpaired) electrons. The number of hydrogen-bond acceptors (Lipinski definition) is 6. The van der Waals surface area contributed by atoms with E-state index in [-0.39, 0.29) is 24.7 Å². The Morgan fingerprint density at radius 1 is 1.44 bits per heavy atom. The van der Waals surface area contributed by atoms with E-state index in [0.717, 1.165) is 0 Å². The number of nitrogens with one attached hydrogen (secondary N) is 1. The van der Waals surface area contributed by atoms with Gasteiger partial charge in [0.1, 0.15) is 11.5 Å². The second-order valence-electron chi connectivity index (χ2n) is 3.68. The van der Waals surface area contributed by atoms with Crippen molar-refractivity contribution in [3.8, 4) is 5.75 Å². The summed E-state index contributed by atoms with van der Waals surface area (Å²) in [6.07, 6.45) is 1.43. The van der Waals surface area contributed by atoms with E-state index in [2.05, 4.69) is 10.1 Å². The summed E-state index contributed by atoms with van der Waals surface area (Å²) in [4.78, 5) is 4.20. The number of hydrazone groups is 1. The molecule has 94 valence electrons. The zero-order valence-electron chi connectivity index (χ0n) is 9.54. The van der Waals surface area contributed by atoms with Crippen LogP contribution in [0, 0.1) is 5.41 Å². The topological polar surface area (TPSA) is 118 Å². The number of rotatable bonds is 3. The van der Waals surface area contributed by atoms with Gasteiger partial charge in [-0.3, -0.25) is 5.41 Å². The third kappa shape index (κ3) is 2.30. The molecule has 18 heavy (non-hydrogen) atoms. The van der Waals surface area contributed by atoms with E-state index in [0.29, 0.717) is 17.1 Å². The maximum Gasteiger partial charge on any atom is 0.169 e. The lowest BCUT2D eigenvalue weighted by Gasteiger charge is -2.11. The highest BCUT2D eigenvalue weighted by molar-refractivity contribution is 6.63. The Hall–Kier alpha value is -2.41. The van der Waals surface area contributed by atoms with Crippen molar-refractivity contribution in [2.45, 2.75) is 0 Å². The van der Waals surface area contributed by atoms with Gasteiger partial charge in [-0.05, 0) is 12.1 Å². The summed E-state index contributed by atoms with van der Waals surface area (Å²) in [6, 6.07) is 4.42. The fourth-order valence-corrected chi connectivity index (χ4v) is 1.50. The highest BCUT2D eigenvalue weighted by Gasteiger charge is 2.19. The average molecular weight is 247 g/mol. The maximum atomic E-state index is 9.23. The van der Waals surface area contributed by atoms with Crippen LogP contribution in [0.2, 0.25) is 0 Å². The largest absolute Gasteiger partial charge is 0.508 e. The number of aliphatic hydroxyl groups excluding tert-OH is 1. The van der Waals surface area contributed by atoms with Crippen LogP contribution in [-0.4, -0.2) is 46.1 Å². The van der Waals surface area contributed by atoms with Gasteiger partial charge in [-0.25, -0.2) is 10.0 Å². The molecular formula is C11H13N5O2. The maximum absolute atomic E-state index is 9.23. The van der Waals surface area contributed by atoms with Gasteiger partial charge in [-0.1, -0.05) is 0 Å². The molecule has 0 bridgehead atoms. The number of nitrogens with two attached hydrogens (primary N) is 1. The van der Waals surface area contributed by atoms with Crippen molar-refractivity contribution in [1.82, 2.24) is 5.01 Å². The fourth-order valence-electron chi connectivity index (χ4n) is 1.50. The number of aliphatic imine (C=N–C) groups is 1. The van der Waals surface area contributed by atoms with Gasteiger partial charge >= 0.3 is 0 Å². The monoisotopic (exact) mass is 247 g/mol. The quantitative estimate of drug-likeness (QED) is 0.575. The van der Waals surface area contributed by atoms with Crippen LogP contribution < -0.4 is 5.73 Å². The minimum atomic E-state index is -0.0889. The molecule has 1 heterocycles. The van der Waals surface area contributed by atoms with Crippen molar-refractivity contribution in [2.24, 2.45) is 10.1 Å². The first-order valence-corrected chi connectivity index (χ1v) is 5.30. The minimum absolute atomic E-state index is 0.0634. The molecule has 0 saturated carbocycles. The summed E-state index contributed by atoms with van der Waals surface area (Å²) < 4.78 is 0. The van der Waals surface area contributed by atoms with Gasteiger partial charge in [0.05, 0.1) is 30.7 Å². The number of aromatic hydroxyl groups is 1. The van der Waals surface area contributed by atoms with Gasteiger partial charge in [-0.2, -0.15) is 5.10 Å². The van der Waals surface area contributed by atoms with E-state index in [9.17, 15) is 5.11 Å². The highest BCUT2D eigenvalue weighted by Crippen LogP contribution is 2.26. The Balaban J connectivity index is 2.25. The first kappa shape index (κ1) is 12.1. The van der Waals surface area contributed by atoms with Crippen molar-refractivity contribution in [3.05, 3.63) is 18.2 Å². The van der Waals surface area contributed by atoms with Gasteiger partial charge in [0.2, 0.25) is 0 Å². The predicted molar refractivity (Wildman–Crippen MR) is 69.6 cm³/mol. The lowest BCUT2D eigenvalue weighted by atomic mass is 10.2. The minimum Gasteiger partial charge on any atom is -0.508 e. The molecule has 0 atom stereocenters. The Bertz CT molecular complexity index is 538. The summed E-state index contributed by atoms with van der Waals surface area (Å²) >= 11 is 0. The standard InChI is InChI=1S/C11H13N5O2/c12-8-5-7(18)1-2-9(8)15-10-6-14-16(3-4-17)11(10)13/h1-2,5-6,13,17-18H,3-4,12H2. The number of hydrogen-bond donors (Lipinski definition) is 4. The Morgan fingerprint density at radius 3 is 2.89 bits per heavy atom. The van der Waals surface area contributed by atoms with E-state index >= 15 is 0 Å². The lowest BCUT2D eigenvalue weighted by molar-refractivity contribution is 0.255. The van der Waals surface area contributed by atoms with E-state index < -0.39 is 0 Å². The lowest BCUT2D eigenvalue weighted by Crippen LogP contribution is -2.28. The van der Waals surface area contributed by atoms with Crippen LogP contribution >= 0.6 is 0 Å². The van der Waals surface area contributed by atoms with Gasteiger partial charge in [0.25, 0.3) is 0 Å². The number of β-amino-alcohol motifs (C(OH)–C–C–N with tert-alkyl or cyclic N) is 1. The van der Waals surface area contributed by atoms with Gasteiger partial charge in [-0.15, -0.1) is 0 Å². The molecule has 0 unspecified atom stereocenters. The van der Waals surface area contributed by atoms with E-state index in [4.69, 9.17) is 16.2 Å². The second kappa shape index (κ2) is 4.84. The first-order chi connectivity index (χ1) is 8.61. The predicted octanol–water partition coefficient (Wildman–Crippen LogP) is 0.318. The van der Waals surface area contributed by atoms with Crippen LogP contribution in [-0.2, 0) is 0 Å². The zero-order chi connectivity index (χ0) is 13.1. The zero-order valence-corrected chi connectivity index (χ0v) is 9.54. The smallest absolute Gasteiger partial charge is 0.169 e. The van der Waals surface area contributed by atoms with Crippen LogP contribution in [0.15, 0.2) is 28.3 Å². The highest BCUT2D eigenvalue weighted by atomic mass is 16.3. The van der Waals surface area contributed by atoms with Crippen molar-refractivity contribution < 1.29 is 10.2 Å². The number of nitrogen functional groups attached to an aromatic ring is 1. The normalized spacial score (nSPS) is 16.8. The summed E-state index contributed by atoms with van der Waals surface area (Å²) in [5.41, 5.74) is 6.85. The summed E-state index contributed by atoms with van der Waals surface area (Å²) in [6.45, 7) is 0.160. The number of benzene rings is 1. The molecule has 7 nitrogen and oxygen atoms in total. The molecule has 5 N–H and O–H groups in total. The number of anilines is 1. The number of phenols is 1. The molecule has 1 aromatic rings. The molecule has 1 aromatic carbocycles. The van der Waals surface area contributed by atoms with Crippen LogP contribution in [0.25, 0.3) is 0 Å². The van der Waals surface area contributed by atoms with Crippen LogP contribution in [0.4, 0.5) is 11.4 Å². The number of aliphatic hydroxyl groups is 1. The van der Waals surface area contributed by atoms with Crippen molar-refractivity contribution >= 4 is 29.1 Å². The number of amidine groups is 1. The molecule has 0 fully saturated rings. The van der Waals surface area contributed by atoms with Crippen molar-refractivity contribution in [3.63, 3.8) is 0 Å². The fraction of sp³-hybridized carbons (Fsp3) is 0.182. The van der Waals surface area contributed by atoms with Crippen LogP contribution in [0.5, 0.6) is 5.75 Å². The van der Waals surface area contributed by atoms with E-state index in [1.807, 2.05) is 0 Å². The van der Waals surface area contributed by atoms with Crippen LogP contribution in [0.3, 0.4) is 0 Å². The number of phenolic OH excluding ortho intramolecular Hbond substituents is 1. The molecular weight excluding hydrogens is 234 g/mol. The first-order valence-electron chi connectivity index (χ1n) is 5.30. The van der Waals surface area contributed by atoms with E-state index in [1.165, 1.54) is 23.4 Å². The van der Waals surface area contributed by atoms with Gasteiger partial charge in [0, 0.05) is 6.07 Å². The van der Waals surface area contributed by atoms with Gasteiger partial charge < -0.3 is 15.9 Å². The second-order valence-corrected chi connectivity index (χ2v) is 3.68. The molecule has 1 aliphatic heterocycles. The van der Waals surface area contributed by atoms with E-state index in [1.54, 1.807) is 6.07 Å². The molecule has 0 aromatic heterocycles. The Labute approximate surface area is 103 Å². The Morgan fingerprint density at radius 2 is 2.22 bits per heavy atom.